The van der Waals surface area contributed by atoms with E-state index in [0.29, 0.717) is 12.1 Å². The topological polar surface area (TPSA) is 81.4 Å². The van der Waals surface area contributed by atoms with E-state index in [1.807, 2.05) is 26.0 Å². The quantitative estimate of drug-likeness (QED) is 0.764. The molecule has 0 heterocycles. The number of amides is 1. The zero-order valence-electron chi connectivity index (χ0n) is 12.2. The Hall–Kier alpha value is -1.88. The summed E-state index contributed by atoms with van der Waals surface area (Å²) in [4.78, 5) is 23.7. The van der Waals surface area contributed by atoms with Gasteiger partial charge in [0.15, 0.2) is 0 Å². The van der Waals surface area contributed by atoms with Crippen molar-refractivity contribution in [3.05, 3.63) is 35.4 Å². The van der Waals surface area contributed by atoms with Gasteiger partial charge in [-0.05, 0) is 36.6 Å². The van der Waals surface area contributed by atoms with Gasteiger partial charge in [-0.1, -0.05) is 26.0 Å². The molecule has 1 aromatic carbocycles. The van der Waals surface area contributed by atoms with Crippen molar-refractivity contribution >= 4 is 11.9 Å². The molecule has 0 bridgehead atoms. The number of rotatable bonds is 6. The first-order valence-corrected chi connectivity index (χ1v) is 6.67. The predicted molar refractivity (Wildman–Crippen MR) is 77.3 cm³/mol. The Labute approximate surface area is 119 Å². The fourth-order valence-corrected chi connectivity index (χ4v) is 1.84. The molecular formula is C15H22N2O3. The summed E-state index contributed by atoms with van der Waals surface area (Å²) in [6.45, 7) is 4.28. The largest absolute Gasteiger partial charge is 0.467 e. The summed E-state index contributed by atoms with van der Waals surface area (Å²) in [5.41, 5.74) is 7.07. The van der Waals surface area contributed by atoms with Gasteiger partial charge >= 0.3 is 5.97 Å². The summed E-state index contributed by atoms with van der Waals surface area (Å²) in [5, 5.41) is 2.70. The van der Waals surface area contributed by atoms with Crippen molar-refractivity contribution in [2.75, 3.05) is 13.7 Å². The average molecular weight is 278 g/mol. The van der Waals surface area contributed by atoms with E-state index in [1.54, 1.807) is 12.1 Å². The number of esters is 1. The summed E-state index contributed by atoms with van der Waals surface area (Å²) in [6.07, 6.45) is 0.776. The second kappa shape index (κ2) is 7.65. The summed E-state index contributed by atoms with van der Waals surface area (Å²) in [5.74, 6) is -0.760. The molecule has 0 aromatic heterocycles. The van der Waals surface area contributed by atoms with Crippen molar-refractivity contribution in [3.8, 4) is 0 Å². The number of carbonyl (C=O) groups is 2. The minimum absolute atomic E-state index is 0.0390. The third-order valence-corrected chi connectivity index (χ3v) is 3.06. The lowest BCUT2D eigenvalue weighted by Gasteiger charge is -2.19. The highest BCUT2D eigenvalue weighted by atomic mass is 16.5. The molecule has 1 rings (SSSR count). The first-order valence-electron chi connectivity index (χ1n) is 6.67. The van der Waals surface area contributed by atoms with Gasteiger partial charge in [-0.2, -0.15) is 0 Å². The lowest BCUT2D eigenvalue weighted by atomic mass is 10.0. The monoisotopic (exact) mass is 278 g/mol. The smallest absolute Gasteiger partial charge is 0.328 e. The van der Waals surface area contributed by atoms with E-state index < -0.39 is 12.0 Å². The van der Waals surface area contributed by atoms with Crippen LogP contribution >= 0.6 is 0 Å². The van der Waals surface area contributed by atoms with Crippen LogP contribution in [0.25, 0.3) is 0 Å². The zero-order valence-corrected chi connectivity index (χ0v) is 12.2. The van der Waals surface area contributed by atoms with Gasteiger partial charge in [-0.25, -0.2) is 4.79 Å². The van der Waals surface area contributed by atoms with E-state index in [2.05, 4.69) is 5.32 Å². The van der Waals surface area contributed by atoms with Gasteiger partial charge < -0.3 is 15.8 Å². The van der Waals surface area contributed by atoms with E-state index in [4.69, 9.17) is 10.5 Å². The third-order valence-electron chi connectivity index (χ3n) is 3.06. The lowest BCUT2D eigenvalue weighted by molar-refractivity contribution is -0.144. The summed E-state index contributed by atoms with van der Waals surface area (Å²) in [6, 6.07) is 6.55. The molecule has 0 fully saturated rings. The molecule has 0 radical (unpaired) electrons. The van der Waals surface area contributed by atoms with E-state index >= 15 is 0 Å². The van der Waals surface area contributed by atoms with Crippen molar-refractivity contribution in [1.82, 2.24) is 5.32 Å². The highest BCUT2D eigenvalue weighted by Gasteiger charge is 2.25. The molecule has 0 aliphatic carbocycles. The zero-order chi connectivity index (χ0) is 15.1. The van der Waals surface area contributed by atoms with Crippen LogP contribution in [0, 0.1) is 5.92 Å². The number of nitrogens with one attached hydrogen (secondary N) is 1. The van der Waals surface area contributed by atoms with E-state index in [1.165, 1.54) is 7.11 Å². The van der Waals surface area contributed by atoms with E-state index in [0.717, 1.165) is 12.0 Å². The van der Waals surface area contributed by atoms with Crippen LogP contribution in [-0.2, 0) is 16.0 Å². The van der Waals surface area contributed by atoms with Crippen molar-refractivity contribution in [2.45, 2.75) is 26.3 Å². The fraction of sp³-hybridized carbons (Fsp3) is 0.467. The Balaban J connectivity index is 2.76. The Morgan fingerprint density at radius 2 is 1.85 bits per heavy atom. The van der Waals surface area contributed by atoms with Gasteiger partial charge in [0.2, 0.25) is 0 Å². The van der Waals surface area contributed by atoms with Crippen LogP contribution < -0.4 is 11.1 Å². The maximum atomic E-state index is 12.1. The Morgan fingerprint density at radius 3 is 2.30 bits per heavy atom. The van der Waals surface area contributed by atoms with Crippen LogP contribution in [-0.4, -0.2) is 31.6 Å². The first kappa shape index (κ1) is 16.2. The second-order valence-corrected chi connectivity index (χ2v) is 4.95. The van der Waals surface area contributed by atoms with Crippen molar-refractivity contribution in [1.29, 1.82) is 0 Å². The molecule has 0 spiro atoms. The maximum absolute atomic E-state index is 12.1. The van der Waals surface area contributed by atoms with Crippen molar-refractivity contribution in [3.63, 3.8) is 0 Å². The maximum Gasteiger partial charge on any atom is 0.328 e. The molecule has 5 heteroatoms. The summed E-state index contributed by atoms with van der Waals surface area (Å²) < 4.78 is 4.69. The van der Waals surface area contributed by atoms with Crippen LogP contribution in [0.15, 0.2) is 24.3 Å². The van der Waals surface area contributed by atoms with Gasteiger partial charge in [-0.3, -0.25) is 4.79 Å². The summed E-state index contributed by atoms with van der Waals surface area (Å²) >= 11 is 0. The van der Waals surface area contributed by atoms with Crippen LogP contribution in [0.1, 0.15) is 29.8 Å². The third kappa shape index (κ3) is 4.35. The lowest BCUT2D eigenvalue weighted by Crippen LogP contribution is -2.45. The molecular weight excluding hydrogens is 256 g/mol. The number of methoxy groups -OCH3 is 1. The molecule has 110 valence electrons. The second-order valence-electron chi connectivity index (χ2n) is 4.95. The standard InChI is InChI=1S/C15H22N2O3/c1-10(2)13(15(19)20-3)17-14(18)12-6-4-11(5-7-12)8-9-16/h4-7,10,13H,8-9,16H2,1-3H3,(H,17,18). The molecule has 1 aromatic rings. The van der Waals surface area contributed by atoms with Crippen molar-refractivity contribution in [2.24, 2.45) is 11.7 Å². The molecule has 5 nitrogen and oxygen atoms in total. The van der Waals surface area contributed by atoms with E-state index in [-0.39, 0.29) is 11.8 Å². The van der Waals surface area contributed by atoms with Crippen molar-refractivity contribution < 1.29 is 14.3 Å². The molecule has 0 aliphatic rings. The molecule has 0 saturated carbocycles. The average Bonchev–Trinajstić information content (AvgIpc) is 2.44. The Morgan fingerprint density at radius 1 is 1.25 bits per heavy atom. The SMILES string of the molecule is COC(=O)C(NC(=O)c1ccc(CCN)cc1)C(C)C. The molecule has 1 atom stereocenters. The predicted octanol–water partition coefficient (Wildman–Crippen LogP) is 1.12. The number of hydrogen-bond donors (Lipinski definition) is 2. The normalized spacial score (nSPS) is 12.1. The van der Waals surface area contributed by atoms with Crippen LogP contribution in [0.5, 0.6) is 0 Å². The highest BCUT2D eigenvalue weighted by molar-refractivity contribution is 5.96. The molecule has 1 amide bonds. The number of carbonyl (C=O) groups excluding carboxylic acids is 2. The minimum atomic E-state index is -0.642. The number of hydrogen-bond acceptors (Lipinski definition) is 4. The van der Waals surface area contributed by atoms with Gasteiger partial charge in [-0.15, -0.1) is 0 Å². The van der Waals surface area contributed by atoms with Crippen LogP contribution in [0.4, 0.5) is 0 Å². The van der Waals surface area contributed by atoms with E-state index in [9.17, 15) is 9.59 Å². The molecule has 1 unspecified atom stereocenters. The summed E-state index contributed by atoms with van der Waals surface area (Å²) in [7, 11) is 1.31. The van der Waals surface area contributed by atoms with Gasteiger partial charge in [0.25, 0.3) is 5.91 Å². The number of benzene rings is 1. The first-order chi connectivity index (χ1) is 9.49. The molecule has 0 saturated heterocycles. The highest BCUT2D eigenvalue weighted by Crippen LogP contribution is 2.08. The van der Waals surface area contributed by atoms with Crippen LogP contribution in [0.2, 0.25) is 0 Å². The number of nitrogens with two attached hydrogens (primary N) is 1. The minimum Gasteiger partial charge on any atom is -0.467 e. The molecule has 20 heavy (non-hydrogen) atoms. The van der Waals surface area contributed by atoms with Crippen LogP contribution in [0.3, 0.4) is 0 Å². The number of ether oxygens (including phenoxy) is 1. The van der Waals surface area contributed by atoms with Gasteiger partial charge in [0.05, 0.1) is 7.11 Å². The fourth-order valence-electron chi connectivity index (χ4n) is 1.84. The molecule has 3 N–H and O–H groups in total. The Kier molecular flexibility index (Phi) is 6.18. The van der Waals surface area contributed by atoms with Gasteiger partial charge in [0, 0.05) is 5.56 Å². The molecule has 0 aliphatic heterocycles. The Bertz CT molecular complexity index is 455. The van der Waals surface area contributed by atoms with Gasteiger partial charge in [0.1, 0.15) is 6.04 Å².